The lowest BCUT2D eigenvalue weighted by atomic mass is 9.81. The average Bonchev–Trinajstić information content (AvgIpc) is 3.06. The highest BCUT2D eigenvalue weighted by Crippen LogP contribution is 2.48. The van der Waals surface area contributed by atoms with Crippen LogP contribution in [0, 0.1) is 0 Å². The predicted molar refractivity (Wildman–Crippen MR) is 127 cm³/mol. The number of benzene rings is 2. The molecule has 5 nitrogen and oxygen atoms in total. The standard InChI is InChI=1S/C27H31NO4/c1-7-31-21-14-19-15-26(2,3)28-24(23(19)20-16-27(4,5)32-25(20)21)18-11-8-17(9-12-18)10-13-22(29)30-6/h8-14H,7,15-16H2,1-6H3. The summed E-state index contributed by atoms with van der Waals surface area (Å²) in [6.45, 7) is 11.1. The summed E-state index contributed by atoms with van der Waals surface area (Å²) < 4.78 is 17.0. The molecule has 0 atom stereocenters. The van der Waals surface area contributed by atoms with E-state index in [0.29, 0.717) is 6.61 Å². The van der Waals surface area contributed by atoms with Crippen molar-refractivity contribution in [2.24, 2.45) is 4.99 Å². The molecule has 0 fully saturated rings. The van der Waals surface area contributed by atoms with E-state index >= 15 is 0 Å². The molecule has 2 aromatic rings. The Labute approximate surface area is 190 Å². The van der Waals surface area contributed by atoms with Gasteiger partial charge in [-0.25, -0.2) is 4.79 Å². The largest absolute Gasteiger partial charge is 0.490 e. The van der Waals surface area contributed by atoms with E-state index in [1.54, 1.807) is 6.08 Å². The van der Waals surface area contributed by atoms with Crippen molar-refractivity contribution in [3.05, 3.63) is 64.2 Å². The minimum atomic E-state index is -0.371. The predicted octanol–water partition coefficient (Wildman–Crippen LogP) is 5.16. The van der Waals surface area contributed by atoms with Gasteiger partial charge in [0, 0.05) is 29.2 Å². The van der Waals surface area contributed by atoms with Gasteiger partial charge >= 0.3 is 5.97 Å². The molecule has 5 heteroatoms. The summed E-state index contributed by atoms with van der Waals surface area (Å²) in [5.41, 5.74) is 6.05. The quantitative estimate of drug-likeness (QED) is 0.483. The Balaban J connectivity index is 1.82. The summed E-state index contributed by atoms with van der Waals surface area (Å²) in [6.07, 6.45) is 4.83. The Kier molecular flexibility index (Phi) is 5.61. The smallest absolute Gasteiger partial charge is 0.330 e. The van der Waals surface area contributed by atoms with Crippen molar-refractivity contribution in [2.75, 3.05) is 13.7 Å². The number of hydrogen-bond donors (Lipinski definition) is 0. The third kappa shape index (κ3) is 4.29. The van der Waals surface area contributed by atoms with Crippen molar-refractivity contribution in [3.8, 4) is 11.5 Å². The lowest BCUT2D eigenvalue weighted by Crippen LogP contribution is -2.30. The first-order valence-electron chi connectivity index (χ1n) is 11.1. The fraction of sp³-hybridized carbons (Fsp3) is 0.407. The van der Waals surface area contributed by atoms with Crippen LogP contribution < -0.4 is 9.47 Å². The number of nitrogens with zero attached hydrogens (tertiary/aromatic N) is 1. The molecule has 0 saturated heterocycles. The van der Waals surface area contributed by atoms with Gasteiger partial charge in [0.1, 0.15) is 5.60 Å². The third-order valence-corrected chi connectivity index (χ3v) is 5.78. The van der Waals surface area contributed by atoms with Gasteiger partial charge in [0.05, 0.1) is 25.0 Å². The van der Waals surface area contributed by atoms with Crippen LogP contribution in [0.1, 0.15) is 62.4 Å². The maximum atomic E-state index is 11.4. The van der Waals surface area contributed by atoms with E-state index in [1.807, 2.05) is 19.1 Å². The van der Waals surface area contributed by atoms with Crippen LogP contribution in [0.2, 0.25) is 0 Å². The molecule has 0 amide bonds. The molecule has 168 valence electrons. The molecule has 4 rings (SSSR count). The van der Waals surface area contributed by atoms with E-state index < -0.39 is 0 Å². The van der Waals surface area contributed by atoms with Crippen LogP contribution >= 0.6 is 0 Å². The van der Waals surface area contributed by atoms with Gasteiger partial charge in [-0.15, -0.1) is 0 Å². The number of carbonyl (C=O) groups excluding carboxylic acids is 1. The van der Waals surface area contributed by atoms with Crippen molar-refractivity contribution in [1.29, 1.82) is 0 Å². The van der Waals surface area contributed by atoms with E-state index in [4.69, 9.17) is 14.5 Å². The molecule has 0 unspecified atom stereocenters. The SMILES string of the molecule is CCOc1cc2c(c3c1OC(C)(C)C3)C(c1ccc(C=CC(=O)OC)cc1)=NC(C)(C)C2. The number of rotatable bonds is 5. The second-order valence-electron chi connectivity index (χ2n) is 9.62. The van der Waals surface area contributed by atoms with Crippen LogP contribution in [0.3, 0.4) is 0 Å². The molecule has 0 aromatic heterocycles. The van der Waals surface area contributed by atoms with Crippen LogP contribution in [0.15, 0.2) is 41.4 Å². The van der Waals surface area contributed by atoms with Crippen LogP contribution in [-0.4, -0.2) is 36.5 Å². The second-order valence-corrected chi connectivity index (χ2v) is 9.62. The highest BCUT2D eigenvalue weighted by Gasteiger charge is 2.39. The Morgan fingerprint density at radius 1 is 1.16 bits per heavy atom. The number of esters is 1. The van der Waals surface area contributed by atoms with Crippen molar-refractivity contribution < 1.29 is 19.0 Å². The van der Waals surface area contributed by atoms with E-state index in [-0.39, 0.29) is 17.1 Å². The van der Waals surface area contributed by atoms with Crippen LogP contribution in [0.4, 0.5) is 0 Å². The van der Waals surface area contributed by atoms with Gasteiger partial charge in [0.2, 0.25) is 0 Å². The fourth-order valence-corrected chi connectivity index (χ4v) is 4.53. The zero-order valence-electron chi connectivity index (χ0n) is 19.7. The summed E-state index contributed by atoms with van der Waals surface area (Å²) in [5, 5.41) is 0. The Morgan fingerprint density at radius 3 is 2.53 bits per heavy atom. The molecule has 0 spiro atoms. The topological polar surface area (TPSA) is 57.1 Å². The summed E-state index contributed by atoms with van der Waals surface area (Å²) in [4.78, 5) is 16.6. The number of aliphatic imine (C=N–C) groups is 1. The maximum absolute atomic E-state index is 11.4. The van der Waals surface area contributed by atoms with Crippen LogP contribution in [-0.2, 0) is 22.4 Å². The minimum Gasteiger partial charge on any atom is -0.490 e. The fourth-order valence-electron chi connectivity index (χ4n) is 4.53. The summed E-state index contributed by atoms with van der Waals surface area (Å²) in [5.74, 6) is 1.30. The Bertz CT molecular complexity index is 1110. The number of methoxy groups -OCH3 is 1. The Hall–Kier alpha value is -3.08. The van der Waals surface area contributed by atoms with Gasteiger partial charge in [0.15, 0.2) is 11.5 Å². The molecule has 2 heterocycles. The zero-order valence-corrected chi connectivity index (χ0v) is 19.7. The van der Waals surface area contributed by atoms with Crippen LogP contribution in [0.25, 0.3) is 6.08 Å². The molecule has 0 N–H and O–H groups in total. The number of ether oxygens (including phenoxy) is 3. The van der Waals surface area contributed by atoms with Crippen molar-refractivity contribution in [1.82, 2.24) is 0 Å². The third-order valence-electron chi connectivity index (χ3n) is 5.78. The van der Waals surface area contributed by atoms with Gasteiger partial charge in [-0.1, -0.05) is 24.3 Å². The molecule has 2 aromatic carbocycles. The lowest BCUT2D eigenvalue weighted by Gasteiger charge is -2.31. The summed E-state index contributed by atoms with van der Waals surface area (Å²) in [6, 6.07) is 10.3. The van der Waals surface area contributed by atoms with E-state index in [1.165, 1.54) is 29.9 Å². The summed E-state index contributed by atoms with van der Waals surface area (Å²) in [7, 11) is 1.37. The molecule has 0 saturated carbocycles. The minimum absolute atomic E-state index is 0.224. The number of hydrogen-bond acceptors (Lipinski definition) is 5. The van der Waals surface area contributed by atoms with Crippen molar-refractivity contribution >= 4 is 17.8 Å². The molecule has 2 aliphatic rings. The van der Waals surface area contributed by atoms with Gasteiger partial charge in [-0.3, -0.25) is 4.99 Å². The summed E-state index contributed by atoms with van der Waals surface area (Å²) >= 11 is 0. The molecule has 32 heavy (non-hydrogen) atoms. The van der Waals surface area contributed by atoms with E-state index in [0.717, 1.165) is 41.2 Å². The molecule has 0 aliphatic carbocycles. The highest BCUT2D eigenvalue weighted by atomic mass is 16.5. The lowest BCUT2D eigenvalue weighted by molar-refractivity contribution is -0.134. The van der Waals surface area contributed by atoms with Gasteiger partial charge in [-0.05, 0) is 64.3 Å². The van der Waals surface area contributed by atoms with Crippen LogP contribution in [0.5, 0.6) is 11.5 Å². The number of carbonyl (C=O) groups is 1. The molecule has 0 bridgehead atoms. The molecule has 0 radical (unpaired) electrons. The second kappa shape index (κ2) is 8.12. The maximum Gasteiger partial charge on any atom is 0.330 e. The Morgan fingerprint density at radius 2 is 1.88 bits per heavy atom. The van der Waals surface area contributed by atoms with Crippen molar-refractivity contribution in [2.45, 2.75) is 58.6 Å². The van der Waals surface area contributed by atoms with E-state index in [2.05, 4.69) is 50.6 Å². The van der Waals surface area contributed by atoms with Gasteiger partial charge < -0.3 is 14.2 Å². The molecular formula is C27H31NO4. The number of fused-ring (bicyclic) bond motifs is 3. The highest BCUT2D eigenvalue weighted by molar-refractivity contribution is 6.16. The van der Waals surface area contributed by atoms with Gasteiger partial charge in [-0.2, -0.15) is 0 Å². The first kappa shape index (κ1) is 22.1. The van der Waals surface area contributed by atoms with E-state index in [9.17, 15) is 4.79 Å². The monoisotopic (exact) mass is 433 g/mol. The average molecular weight is 434 g/mol. The molecule has 2 aliphatic heterocycles. The van der Waals surface area contributed by atoms with Gasteiger partial charge in [0.25, 0.3) is 0 Å². The normalized spacial score (nSPS) is 17.9. The first-order valence-corrected chi connectivity index (χ1v) is 11.1. The molecular weight excluding hydrogens is 402 g/mol. The first-order chi connectivity index (χ1) is 15.1. The van der Waals surface area contributed by atoms with Crippen molar-refractivity contribution in [3.63, 3.8) is 0 Å². The zero-order chi connectivity index (χ0) is 23.1.